The van der Waals surface area contributed by atoms with Gasteiger partial charge in [0.1, 0.15) is 10.8 Å². The van der Waals surface area contributed by atoms with E-state index in [0.29, 0.717) is 0 Å². The highest BCUT2D eigenvalue weighted by Gasteiger charge is 2.13. The Hall–Kier alpha value is -1.20. The van der Waals surface area contributed by atoms with Crippen LogP contribution in [0.3, 0.4) is 0 Å². The van der Waals surface area contributed by atoms with Crippen LogP contribution in [0.25, 0.3) is 10.8 Å². The molecule has 2 heterocycles. The number of furan rings is 1. The molecular formula is C11H15N3OS. The highest BCUT2D eigenvalue weighted by atomic mass is 32.1. The SMILES string of the molecule is CCNC(C)c1nnc(-c2ccc(C)o2)s1. The van der Waals surface area contributed by atoms with Crippen LogP contribution in [0.1, 0.15) is 30.7 Å². The summed E-state index contributed by atoms with van der Waals surface area (Å²) in [6, 6.07) is 4.11. The molecule has 0 radical (unpaired) electrons. The third-order valence-corrected chi connectivity index (χ3v) is 3.39. The van der Waals surface area contributed by atoms with E-state index in [1.54, 1.807) is 11.3 Å². The van der Waals surface area contributed by atoms with Crippen LogP contribution < -0.4 is 5.32 Å². The molecule has 0 saturated heterocycles. The Morgan fingerprint density at radius 3 is 2.88 bits per heavy atom. The summed E-state index contributed by atoms with van der Waals surface area (Å²) in [5.74, 6) is 1.69. The quantitative estimate of drug-likeness (QED) is 0.888. The van der Waals surface area contributed by atoms with Gasteiger partial charge in [-0.25, -0.2) is 0 Å². The first-order valence-electron chi connectivity index (χ1n) is 5.34. The van der Waals surface area contributed by atoms with E-state index >= 15 is 0 Å². The molecule has 0 aromatic carbocycles. The number of hydrogen-bond acceptors (Lipinski definition) is 5. The Morgan fingerprint density at radius 1 is 1.44 bits per heavy atom. The van der Waals surface area contributed by atoms with Crippen molar-refractivity contribution >= 4 is 11.3 Å². The monoisotopic (exact) mass is 237 g/mol. The van der Waals surface area contributed by atoms with Crippen molar-refractivity contribution in [1.29, 1.82) is 0 Å². The summed E-state index contributed by atoms with van der Waals surface area (Å²) >= 11 is 1.57. The van der Waals surface area contributed by atoms with Crippen molar-refractivity contribution in [1.82, 2.24) is 15.5 Å². The van der Waals surface area contributed by atoms with Crippen molar-refractivity contribution < 1.29 is 4.42 Å². The van der Waals surface area contributed by atoms with Gasteiger partial charge >= 0.3 is 0 Å². The molecular weight excluding hydrogens is 222 g/mol. The second-order valence-electron chi connectivity index (χ2n) is 3.64. The summed E-state index contributed by atoms with van der Waals surface area (Å²) in [5.41, 5.74) is 0. The summed E-state index contributed by atoms with van der Waals surface area (Å²) in [4.78, 5) is 0. The fraction of sp³-hybridized carbons (Fsp3) is 0.455. The number of rotatable bonds is 4. The molecule has 0 saturated carbocycles. The van der Waals surface area contributed by atoms with E-state index in [9.17, 15) is 0 Å². The fourth-order valence-electron chi connectivity index (χ4n) is 1.45. The van der Waals surface area contributed by atoms with Crippen molar-refractivity contribution in [3.05, 3.63) is 22.9 Å². The Labute approximate surface area is 98.7 Å². The molecule has 1 atom stereocenters. The van der Waals surface area contributed by atoms with Crippen molar-refractivity contribution in [2.75, 3.05) is 6.54 Å². The lowest BCUT2D eigenvalue weighted by atomic mass is 10.3. The van der Waals surface area contributed by atoms with Gasteiger partial charge in [-0.05, 0) is 32.5 Å². The van der Waals surface area contributed by atoms with Gasteiger partial charge in [0.2, 0.25) is 0 Å². The average molecular weight is 237 g/mol. The number of nitrogens with one attached hydrogen (secondary N) is 1. The van der Waals surface area contributed by atoms with Crippen LogP contribution in [-0.2, 0) is 0 Å². The lowest BCUT2D eigenvalue weighted by molar-refractivity contribution is 0.547. The molecule has 1 N–H and O–H groups in total. The van der Waals surface area contributed by atoms with Crippen LogP contribution >= 0.6 is 11.3 Å². The van der Waals surface area contributed by atoms with Gasteiger partial charge in [0.05, 0.1) is 6.04 Å². The van der Waals surface area contributed by atoms with E-state index in [0.717, 1.165) is 28.1 Å². The first-order valence-corrected chi connectivity index (χ1v) is 6.16. The third kappa shape index (κ3) is 2.31. The molecule has 2 aromatic heterocycles. The summed E-state index contributed by atoms with van der Waals surface area (Å²) in [5, 5.41) is 13.4. The number of aromatic nitrogens is 2. The van der Waals surface area contributed by atoms with Gasteiger partial charge in [-0.1, -0.05) is 18.3 Å². The minimum Gasteiger partial charge on any atom is -0.459 e. The Kier molecular flexibility index (Phi) is 3.36. The van der Waals surface area contributed by atoms with Gasteiger partial charge in [0.25, 0.3) is 0 Å². The molecule has 2 rings (SSSR count). The molecule has 0 amide bonds. The number of hydrogen-bond donors (Lipinski definition) is 1. The van der Waals surface area contributed by atoms with Gasteiger partial charge < -0.3 is 9.73 Å². The highest BCUT2D eigenvalue weighted by Crippen LogP contribution is 2.27. The molecule has 2 aromatic rings. The lowest BCUT2D eigenvalue weighted by Gasteiger charge is -2.06. The average Bonchev–Trinajstić information content (AvgIpc) is 2.85. The molecule has 1 unspecified atom stereocenters. The van der Waals surface area contributed by atoms with Gasteiger partial charge in [-0.2, -0.15) is 0 Å². The zero-order chi connectivity index (χ0) is 11.5. The van der Waals surface area contributed by atoms with Crippen molar-refractivity contribution in [3.8, 4) is 10.8 Å². The van der Waals surface area contributed by atoms with Crippen LogP contribution in [0.15, 0.2) is 16.5 Å². The zero-order valence-corrected chi connectivity index (χ0v) is 10.5. The first-order chi connectivity index (χ1) is 7.70. The minimum atomic E-state index is 0.243. The molecule has 0 bridgehead atoms. The van der Waals surface area contributed by atoms with Gasteiger partial charge in [-0.15, -0.1) is 10.2 Å². The predicted molar refractivity (Wildman–Crippen MR) is 64.4 cm³/mol. The van der Waals surface area contributed by atoms with Crippen molar-refractivity contribution in [2.24, 2.45) is 0 Å². The largest absolute Gasteiger partial charge is 0.459 e. The topological polar surface area (TPSA) is 51.0 Å². The molecule has 4 nitrogen and oxygen atoms in total. The van der Waals surface area contributed by atoms with Gasteiger partial charge in [-0.3, -0.25) is 0 Å². The molecule has 0 aliphatic carbocycles. The lowest BCUT2D eigenvalue weighted by Crippen LogP contribution is -2.17. The predicted octanol–water partition coefficient (Wildman–Crippen LogP) is 2.78. The minimum absolute atomic E-state index is 0.243. The van der Waals surface area contributed by atoms with E-state index in [4.69, 9.17) is 4.42 Å². The van der Waals surface area contributed by atoms with Crippen LogP contribution in [-0.4, -0.2) is 16.7 Å². The Morgan fingerprint density at radius 2 is 2.25 bits per heavy atom. The van der Waals surface area contributed by atoms with E-state index in [1.165, 1.54) is 0 Å². The molecule has 0 aliphatic rings. The molecule has 0 spiro atoms. The molecule has 5 heteroatoms. The maximum atomic E-state index is 5.51. The van der Waals surface area contributed by atoms with E-state index in [1.807, 2.05) is 19.1 Å². The number of aryl methyl sites for hydroxylation is 1. The maximum absolute atomic E-state index is 5.51. The van der Waals surface area contributed by atoms with Crippen molar-refractivity contribution in [2.45, 2.75) is 26.8 Å². The smallest absolute Gasteiger partial charge is 0.183 e. The zero-order valence-electron chi connectivity index (χ0n) is 9.65. The summed E-state index contributed by atoms with van der Waals surface area (Å²) < 4.78 is 5.51. The fourth-order valence-corrected chi connectivity index (χ4v) is 2.28. The Bertz CT molecular complexity index is 463. The van der Waals surface area contributed by atoms with E-state index in [2.05, 4.69) is 29.4 Å². The van der Waals surface area contributed by atoms with Crippen LogP contribution in [0, 0.1) is 6.92 Å². The summed E-state index contributed by atoms with van der Waals surface area (Å²) in [6.07, 6.45) is 0. The molecule has 86 valence electrons. The van der Waals surface area contributed by atoms with E-state index < -0.39 is 0 Å². The molecule has 0 fully saturated rings. The van der Waals surface area contributed by atoms with E-state index in [-0.39, 0.29) is 6.04 Å². The highest BCUT2D eigenvalue weighted by molar-refractivity contribution is 7.14. The van der Waals surface area contributed by atoms with Crippen LogP contribution in [0.2, 0.25) is 0 Å². The Balaban J connectivity index is 2.19. The molecule has 16 heavy (non-hydrogen) atoms. The summed E-state index contributed by atoms with van der Waals surface area (Å²) in [7, 11) is 0. The van der Waals surface area contributed by atoms with Crippen LogP contribution in [0.5, 0.6) is 0 Å². The third-order valence-electron chi connectivity index (χ3n) is 2.27. The van der Waals surface area contributed by atoms with Gasteiger partial charge in [0.15, 0.2) is 10.8 Å². The van der Waals surface area contributed by atoms with Crippen LogP contribution in [0.4, 0.5) is 0 Å². The van der Waals surface area contributed by atoms with Gasteiger partial charge in [0, 0.05) is 0 Å². The van der Waals surface area contributed by atoms with Crippen molar-refractivity contribution in [3.63, 3.8) is 0 Å². The standard InChI is InChI=1S/C11H15N3OS/c1-4-12-8(3)10-13-14-11(16-10)9-6-5-7(2)15-9/h5-6,8,12H,4H2,1-3H3. The first kappa shape index (κ1) is 11.3. The maximum Gasteiger partial charge on any atom is 0.183 e. The second kappa shape index (κ2) is 4.76. The molecule has 0 aliphatic heterocycles. The summed E-state index contributed by atoms with van der Waals surface area (Å²) in [6.45, 7) is 7.01. The normalized spacial score (nSPS) is 12.9. The number of nitrogens with zero attached hydrogens (tertiary/aromatic N) is 2. The second-order valence-corrected chi connectivity index (χ2v) is 4.64.